The first kappa shape index (κ1) is 16.8. The number of carbonyl (C=O) groups is 1. The minimum absolute atomic E-state index is 0.0930. The molecule has 3 aliphatic heterocycles. The highest BCUT2D eigenvalue weighted by atomic mass is 32.2. The number of sulfonamides is 1. The second-order valence-corrected chi connectivity index (χ2v) is 9.28. The zero-order chi connectivity index (χ0) is 17.6. The van der Waals surface area contributed by atoms with E-state index in [1.165, 1.54) is 10.6 Å². The molecule has 0 spiro atoms. The molecule has 136 valence electrons. The lowest BCUT2D eigenvalue weighted by atomic mass is 10.00. The smallest absolute Gasteiger partial charge is 0.254 e. The van der Waals surface area contributed by atoms with Gasteiger partial charge < -0.3 is 10.2 Å². The van der Waals surface area contributed by atoms with Gasteiger partial charge in [-0.1, -0.05) is 0 Å². The predicted molar refractivity (Wildman–Crippen MR) is 97.4 cm³/mol. The van der Waals surface area contributed by atoms with E-state index in [9.17, 15) is 13.2 Å². The lowest BCUT2D eigenvalue weighted by Gasteiger charge is -2.31. The van der Waals surface area contributed by atoms with Gasteiger partial charge in [-0.3, -0.25) is 9.10 Å². The standard InChI is InChI=1S/C18H25N3O3S/c1-25(23,24)20-10-2-3-13-11-14(4-7-17(13)20)18(22)21-15-5-6-16(21)12-19-9-8-15/h4,7,11,15-16,19H,2-3,5-6,8-10,12H2,1H3. The molecule has 4 rings (SSSR count). The van der Waals surface area contributed by atoms with Gasteiger partial charge in [-0.15, -0.1) is 0 Å². The van der Waals surface area contributed by atoms with Crippen molar-refractivity contribution < 1.29 is 13.2 Å². The fourth-order valence-corrected chi connectivity index (χ4v) is 5.50. The highest BCUT2D eigenvalue weighted by molar-refractivity contribution is 7.92. The molecule has 0 aromatic heterocycles. The van der Waals surface area contributed by atoms with Crippen molar-refractivity contribution in [1.82, 2.24) is 10.2 Å². The quantitative estimate of drug-likeness (QED) is 0.862. The fourth-order valence-electron chi connectivity index (χ4n) is 4.50. The minimum Gasteiger partial charge on any atom is -0.331 e. The average molecular weight is 363 g/mol. The van der Waals surface area contributed by atoms with Gasteiger partial charge in [0.1, 0.15) is 0 Å². The van der Waals surface area contributed by atoms with E-state index >= 15 is 0 Å². The van der Waals surface area contributed by atoms with E-state index in [4.69, 9.17) is 0 Å². The molecule has 7 heteroatoms. The van der Waals surface area contributed by atoms with Crippen LogP contribution in [0.3, 0.4) is 0 Å². The molecule has 2 saturated heterocycles. The van der Waals surface area contributed by atoms with Crippen LogP contribution in [0, 0.1) is 0 Å². The number of hydrogen-bond acceptors (Lipinski definition) is 4. The van der Waals surface area contributed by atoms with E-state index in [1.807, 2.05) is 6.07 Å². The van der Waals surface area contributed by atoms with E-state index in [-0.39, 0.29) is 11.9 Å². The van der Waals surface area contributed by atoms with Crippen LogP contribution in [0.25, 0.3) is 0 Å². The number of hydrogen-bond donors (Lipinski definition) is 1. The maximum absolute atomic E-state index is 13.1. The first-order chi connectivity index (χ1) is 11.9. The molecule has 1 amide bonds. The van der Waals surface area contributed by atoms with Crippen molar-refractivity contribution in [2.45, 2.75) is 44.2 Å². The molecule has 3 aliphatic rings. The van der Waals surface area contributed by atoms with Gasteiger partial charge in [0, 0.05) is 30.7 Å². The summed E-state index contributed by atoms with van der Waals surface area (Å²) in [5.41, 5.74) is 2.38. The number of carbonyl (C=O) groups excluding carboxylic acids is 1. The van der Waals surface area contributed by atoms with Gasteiger partial charge in [0.25, 0.3) is 5.91 Å². The molecule has 0 saturated carbocycles. The summed E-state index contributed by atoms with van der Waals surface area (Å²) in [6.45, 7) is 2.36. The Bertz CT molecular complexity index is 779. The number of fused-ring (bicyclic) bond motifs is 3. The number of nitrogens with one attached hydrogen (secondary N) is 1. The molecule has 1 aromatic carbocycles. The molecule has 6 nitrogen and oxygen atoms in total. The first-order valence-electron chi connectivity index (χ1n) is 9.09. The molecule has 1 N–H and O–H groups in total. The van der Waals surface area contributed by atoms with Gasteiger partial charge in [-0.25, -0.2) is 8.42 Å². The zero-order valence-electron chi connectivity index (χ0n) is 14.6. The van der Waals surface area contributed by atoms with Crippen LogP contribution >= 0.6 is 0 Å². The molecular formula is C18H25N3O3S. The van der Waals surface area contributed by atoms with Gasteiger partial charge in [0.2, 0.25) is 10.0 Å². The highest BCUT2D eigenvalue weighted by Crippen LogP contribution is 2.33. The van der Waals surface area contributed by atoms with Crippen LogP contribution in [0.2, 0.25) is 0 Å². The summed E-state index contributed by atoms with van der Waals surface area (Å²) in [5, 5.41) is 3.42. The Morgan fingerprint density at radius 3 is 2.80 bits per heavy atom. The topological polar surface area (TPSA) is 69.7 Å². The van der Waals surface area contributed by atoms with Crippen molar-refractivity contribution in [3.63, 3.8) is 0 Å². The lowest BCUT2D eigenvalue weighted by molar-refractivity contribution is 0.0680. The Kier molecular flexibility index (Phi) is 4.24. The summed E-state index contributed by atoms with van der Waals surface area (Å²) in [6, 6.07) is 6.12. The summed E-state index contributed by atoms with van der Waals surface area (Å²) in [4.78, 5) is 15.2. The predicted octanol–water partition coefficient (Wildman–Crippen LogP) is 1.37. The first-order valence-corrected chi connectivity index (χ1v) is 10.9. The zero-order valence-corrected chi connectivity index (χ0v) is 15.4. The van der Waals surface area contributed by atoms with Crippen molar-refractivity contribution >= 4 is 21.6 Å². The third-order valence-corrected chi connectivity index (χ3v) is 6.87. The molecular weight excluding hydrogens is 338 g/mol. The number of aryl methyl sites for hydroxylation is 1. The number of anilines is 1. The normalized spacial score (nSPS) is 26.3. The van der Waals surface area contributed by atoms with Crippen LogP contribution in [-0.2, 0) is 16.4 Å². The van der Waals surface area contributed by atoms with E-state index < -0.39 is 10.0 Å². The molecule has 0 aliphatic carbocycles. The molecule has 0 radical (unpaired) electrons. The van der Waals surface area contributed by atoms with Crippen molar-refractivity contribution in [3.05, 3.63) is 29.3 Å². The fraction of sp³-hybridized carbons (Fsp3) is 0.611. The van der Waals surface area contributed by atoms with E-state index in [1.54, 1.807) is 12.1 Å². The van der Waals surface area contributed by atoms with Crippen LogP contribution in [0.5, 0.6) is 0 Å². The number of benzene rings is 1. The molecule has 2 bridgehead atoms. The Morgan fingerprint density at radius 1 is 1.20 bits per heavy atom. The molecule has 1 aromatic rings. The number of rotatable bonds is 2. The summed E-state index contributed by atoms with van der Waals surface area (Å²) >= 11 is 0. The summed E-state index contributed by atoms with van der Waals surface area (Å²) in [7, 11) is -3.28. The van der Waals surface area contributed by atoms with E-state index in [2.05, 4.69) is 10.2 Å². The van der Waals surface area contributed by atoms with Crippen LogP contribution in [0.4, 0.5) is 5.69 Å². The lowest BCUT2D eigenvalue weighted by Crippen LogP contribution is -2.42. The molecule has 2 unspecified atom stereocenters. The maximum atomic E-state index is 13.1. The highest BCUT2D eigenvalue weighted by Gasteiger charge is 2.38. The number of amides is 1. The van der Waals surface area contributed by atoms with Crippen molar-refractivity contribution in [3.8, 4) is 0 Å². The van der Waals surface area contributed by atoms with Gasteiger partial charge in [-0.2, -0.15) is 0 Å². The summed E-state index contributed by atoms with van der Waals surface area (Å²) < 4.78 is 25.4. The van der Waals surface area contributed by atoms with Crippen molar-refractivity contribution in [2.24, 2.45) is 0 Å². The van der Waals surface area contributed by atoms with Gasteiger partial charge in [0.15, 0.2) is 0 Å². The third kappa shape index (κ3) is 3.04. The van der Waals surface area contributed by atoms with Crippen LogP contribution in [0.15, 0.2) is 18.2 Å². The summed E-state index contributed by atoms with van der Waals surface area (Å²) in [5.74, 6) is 0.0930. The summed E-state index contributed by atoms with van der Waals surface area (Å²) in [6.07, 6.45) is 6.01. The SMILES string of the molecule is CS(=O)(=O)N1CCCc2cc(C(=O)N3C4CCNCC3CC4)ccc21. The van der Waals surface area contributed by atoms with E-state index in [0.29, 0.717) is 18.2 Å². The average Bonchev–Trinajstić information content (AvgIpc) is 2.85. The monoisotopic (exact) mass is 363 g/mol. The van der Waals surface area contributed by atoms with Crippen molar-refractivity contribution in [1.29, 1.82) is 0 Å². The third-order valence-electron chi connectivity index (χ3n) is 5.69. The Labute approximate surface area is 149 Å². The largest absolute Gasteiger partial charge is 0.331 e. The van der Waals surface area contributed by atoms with Gasteiger partial charge >= 0.3 is 0 Å². The van der Waals surface area contributed by atoms with Crippen LogP contribution < -0.4 is 9.62 Å². The second kappa shape index (κ2) is 6.29. The Hall–Kier alpha value is -1.60. The Balaban J connectivity index is 1.65. The molecule has 25 heavy (non-hydrogen) atoms. The van der Waals surface area contributed by atoms with Gasteiger partial charge in [-0.05, 0) is 62.4 Å². The van der Waals surface area contributed by atoms with Gasteiger partial charge in [0.05, 0.1) is 11.9 Å². The number of nitrogens with zero attached hydrogens (tertiary/aromatic N) is 2. The van der Waals surface area contributed by atoms with E-state index in [0.717, 1.165) is 56.4 Å². The van der Waals surface area contributed by atoms with Crippen LogP contribution in [0.1, 0.15) is 41.6 Å². The molecule has 3 heterocycles. The van der Waals surface area contributed by atoms with Crippen LogP contribution in [-0.4, -0.2) is 57.2 Å². The van der Waals surface area contributed by atoms with Crippen molar-refractivity contribution in [2.75, 3.05) is 30.2 Å². The molecule has 2 atom stereocenters. The Morgan fingerprint density at radius 2 is 2.00 bits per heavy atom. The minimum atomic E-state index is -3.28. The molecule has 2 fully saturated rings. The maximum Gasteiger partial charge on any atom is 0.254 e. The second-order valence-electron chi connectivity index (χ2n) is 7.37.